The lowest BCUT2D eigenvalue weighted by molar-refractivity contribution is 0.0755. The van der Waals surface area contributed by atoms with E-state index in [2.05, 4.69) is 25.0 Å². The summed E-state index contributed by atoms with van der Waals surface area (Å²) in [5.41, 5.74) is 1.93. The second-order valence-electron chi connectivity index (χ2n) is 6.62. The van der Waals surface area contributed by atoms with Crippen LogP contribution >= 0.6 is 0 Å². The Bertz CT molecular complexity index is 941. The third-order valence-electron chi connectivity index (χ3n) is 4.72. The predicted molar refractivity (Wildman–Crippen MR) is 99.0 cm³/mol. The van der Waals surface area contributed by atoms with Gasteiger partial charge < -0.3 is 9.42 Å². The Kier molecular flexibility index (Phi) is 5.06. The van der Waals surface area contributed by atoms with Crippen LogP contribution < -0.4 is 0 Å². The van der Waals surface area contributed by atoms with Crippen LogP contribution in [0.15, 0.2) is 35.0 Å². The summed E-state index contributed by atoms with van der Waals surface area (Å²) < 4.78 is 5.17. The number of hydrogen-bond acceptors (Lipinski definition) is 7. The van der Waals surface area contributed by atoms with Crippen LogP contribution in [-0.2, 0) is 13.0 Å². The second-order valence-corrected chi connectivity index (χ2v) is 6.62. The van der Waals surface area contributed by atoms with Crippen molar-refractivity contribution >= 4 is 16.9 Å². The summed E-state index contributed by atoms with van der Waals surface area (Å²) in [6.07, 6.45) is 3.20. The van der Waals surface area contributed by atoms with Gasteiger partial charge in [-0.15, -0.1) is 0 Å². The van der Waals surface area contributed by atoms with Crippen LogP contribution in [0.25, 0.3) is 11.0 Å². The minimum Gasteiger partial charge on any atom is -0.339 e. The molecule has 0 atom stereocenters. The molecule has 0 bridgehead atoms. The van der Waals surface area contributed by atoms with E-state index < -0.39 is 0 Å². The molecule has 0 saturated carbocycles. The zero-order valence-corrected chi connectivity index (χ0v) is 15.3. The first kappa shape index (κ1) is 17.5. The van der Waals surface area contributed by atoms with Crippen molar-refractivity contribution in [2.75, 3.05) is 26.2 Å². The molecule has 1 aliphatic rings. The van der Waals surface area contributed by atoms with Gasteiger partial charge in [0, 0.05) is 32.6 Å². The van der Waals surface area contributed by atoms with Gasteiger partial charge in [-0.3, -0.25) is 14.7 Å². The maximum atomic E-state index is 12.9. The molecule has 27 heavy (non-hydrogen) atoms. The Balaban J connectivity index is 1.41. The molecule has 140 valence electrons. The number of carbonyl (C=O) groups excluding carboxylic acids is 1. The maximum absolute atomic E-state index is 12.9. The number of nitrogens with zero attached hydrogens (tertiary/aromatic N) is 6. The molecule has 1 aliphatic heterocycles. The van der Waals surface area contributed by atoms with Crippen molar-refractivity contribution in [3.05, 3.63) is 47.9 Å². The molecule has 1 fully saturated rings. The average molecular weight is 366 g/mol. The van der Waals surface area contributed by atoms with Gasteiger partial charge in [0.05, 0.1) is 23.8 Å². The minimum absolute atomic E-state index is 0.0667. The summed E-state index contributed by atoms with van der Waals surface area (Å²) >= 11 is 0. The highest BCUT2D eigenvalue weighted by atomic mass is 16.5. The van der Waals surface area contributed by atoms with Gasteiger partial charge in [0.15, 0.2) is 5.82 Å². The molecule has 8 nitrogen and oxygen atoms in total. The van der Waals surface area contributed by atoms with Crippen molar-refractivity contribution in [1.29, 1.82) is 0 Å². The van der Waals surface area contributed by atoms with Crippen LogP contribution in [0.3, 0.4) is 0 Å². The van der Waals surface area contributed by atoms with Crippen molar-refractivity contribution in [2.24, 2.45) is 0 Å². The Hall–Kier alpha value is -2.87. The highest BCUT2D eigenvalue weighted by molar-refractivity contribution is 5.93. The van der Waals surface area contributed by atoms with Crippen LogP contribution in [0.5, 0.6) is 0 Å². The molecule has 3 heterocycles. The van der Waals surface area contributed by atoms with Gasteiger partial charge in [0.2, 0.25) is 5.89 Å². The van der Waals surface area contributed by atoms with Crippen LogP contribution in [0.1, 0.15) is 35.5 Å². The molecule has 4 rings (SSSR count). The van der Waals surface area contributed by atoms with Crippen LogP contribution in [-0.4, -0.2) is 62.0 Å². The molecule has 3 aromatic rings. The Morgan fingerprint density at radius 3 is 2.78 bits per heavy atom. The van der Waals surface area contributed by atoms with Crippen molar-refractivity contribution < 1.29 is 9.32 Å². The number of fused-ring (bicyclic) bond motifs is 1. The Morgan fingerprint density at radius 1 is 1.11 bits per heavy atom. The van der Waals surface area contributed by atoms with Gasteiger partial charge in [-0.2, -0.15) is 4.98 Å². The molecule has 1 amide bonds. The summed E-state index contributed by atoms with van der Waals surface area (Å²) in [4.78, 5) is 30.2. The maximum Gasteiger partial charge on any atom is 0.274 e. The fourth-order valence-corrected chi connectivity index (χ4v) is 3.25. The molecule has 0 radical (unpaired) electrons. The van der Waals surface area contributed by atoms with E-state index in [9.17, 15) is 4.79 Å². The van der Waals surface area contributed by atoms with E-state index in [4.69, 9.17) is 4.52 Å². The summed E-state index contributed by atoms with van der Waals surface area (Å²) in [6, 6.07) is 7.58. The van der Waals surface area contributed by atoms with E-state index in [1.807, 2.05) is 36.1 Å². The quantitative estimate of drug-likeness (QED) is 0.697. The van der Waals surface area contributed by atoms with Gasteiger partial charge in [-0.05, 0) is 18.6 Å². The highest BCUT2D eigenvalue weighted by Gasteiger charge is 2.22. The van der Waals surface area contributed by atoms with Crippen LogP contribution in [0.2, 0.25) is 0 Å². The molecule has 0 spiro atoms. The van der Waals surface area contributed by atoms with Gasteiger partial charge >= 0.3 is 0 Å². The summed E-state index contributed by atoms with van der Waals surface area (Å²) in [5, 5.41) is 4.02. The van der Waals surface area contributed by atoms with Crippen molar-refractivity contribution in [2.45, 2.75) is 26.3 Å². The SMILES string of the molecule is CCc1nc(CN2CCCN(C(=O)c3cnc4ccccc4n3)CC2)no1. The predicted octanol–water partition coefficient (Wildman–Crippen LogP) is 1.92. The fourth-order valence-electron chi connectivity index (χ4n) is 3.25. The lowest BCUT2D eigenvalue weighted by atomic mass is 10.2. The molecular weight excluding hydrogens is 344 g/mol. The van der Waals surface area contributed by atoms with E-state index in [-0.39, 0.29) is 5.91 Å². The molecule has 1 aromatic carbocycles. The third-order valence-corrected chi connectivity index (χ3v) is 4.72. The van der Waals surface area contributed by atoms with E-state index in [1.54, 1.807) is 6.20 Å². The van der Waals surface area contributed by atoms with E-state index >= 15 is 0 Å². The van der Waals surface area contributed by atoms with Crippen molar-refractivity contribution in [1.82, 2.24) is 29.9 Å². The summed E-state index contributed by atoms with van der Waals surface area (Å²) in [6.45, 7) is 5.64. The number of hydrogen-bond donors (Lipinski definition) is 0. The van der Waals surface area contributed by atoms with E-state index in [0.717, 1.165) is 37.0 Å². The van der Waals surface area contributed by atoms with Gasteiger partial charge in [0.25, 0.3) is 5.91 Å². The molecule has 0 unspecified atom stereocenters. The average Bonchev–Trinajstić information content (AvgIpc) is 3.04. The Labute approximate surface area is 157 Å². The largest absolute Gasteiger partial charge is 0.339 e. The molecule has 8 heteroatoms. The minimum atomic E-state index is -0.0667. The number of carbonyl (C=O) groups is 1. The van der Waals surface area contributed by atoms with Crippen molar-refractivity contribution in [3.8, 4) is 0 Å². The number of amides is 1. The zero-order valence-electron chi connectivity index (χ0n) is 15.3. The fraction of sp³-hybridized carbons (Fsp3) is 0.421. The normalized spacial score (nSPS) is 15.8. The second kappa shape index (κ2) is 7.79. The lowest BCUT2D eigenvalue weighted by Gasteiger charge is -2.21. The Morgan fingerprint density at radius 2 is 1.96 bits per heavy atom. The summed E-state index contributed by atoms with van der Waals surface area (Å²) in [5.74, 6) is 1.29. The number of aromatic nitrogens is 4. The standard InChI is InChI=1S/C19H22N6O2/c1-2-18-22-17(23-27-18)13-24-8-5-9-25(11-10-24)19(26)16-12-20-14-6-3-4-7-15(14)21-16/h3-4,6-7,12H,2,5,8-11,13H2,1H3. The summed E-state index contributed by atoms with van der Waals surface area (Å²) in [7, 11) is 0. The molecule has 1 saturated heterocycles. The molecule has 0 N–H and O–H groups in total. The monoisotopic (exact) mass is 366 g/mol. The molecule has 2 aromatic heterocycles. The number of aryl methyl sites for hydroxylation is 1. The number of benzene rings is 1. The topological polar surface area (TPSA) is 88.3 Å². The highest BCUT2D eigenvalue weighted by Crippen LogP contribution is 2.13. The van der Waals surface area contributed by atoms with Crippen LogP contribution in [0.4, 0.5) is 0 Å². The number of para-hydroxylation sites is 2. The molecule has 0 aliphatic carbocycles. The lowest BCUT2D eigenvalue weighted by Crippen LogP contribution is -2.35. The van der Waals surface area contributed by atoms with Gasteiger partial charge in [-0.1, -0.05) is 24.2 Å². The van der Waals surface area contributed by atoms with E-state index in [0.29, 0.717) is 37.0 Å². The number of rotatable bonds is 4. The molecular formula is C19H22N6O2. The van der Waals surface area contributed by atoms with Crippen LogP contribution in [0, 0.1) is 0 Å². The first-order valence-electron chi connectivity index (χ1n) is 9.28. The van der Waals surface area contributed by atoms with E-state index in [1.165, 1.54) is 0 Å². The zero-order chi connectivity index (χ0) is 18.6. The smallest absolute Gasteiger partial charge is 0.274 e. The van der Waals surface area contributed by atoms with Crippen molar-refractivity contribution in [3.63, 3.8) is 0 Å². The first-order chi connectivity index (χ1) is 13.2. The first-order valence-corrected chi connectivity index (χ1v) is 9.28. The van der Waals surface area contributed by atoms with Gasteiger partial charge in [-0.25, -0.2) is 4.98 Å². The third kappa shape index (κ3) is 3.95. The van der Waals surface area contributed by atoms with Gasteiger partial charge in [0.1, 0.15) is 5.69 Å².